The van der Waals surface area contributed by atoms with E-state index in [4.69, 9.17) is 4.74 Å². The van der Waals surface area contributed by atoms with Crippen LogP contribution in [0.5, 0.6) is 0 Å². The van der Waals surface area contributed by atoms with E-state index < -0.39 is 0 Å². The molecule has 4 rings (SSSR count). The highest BCUT2D eigenvalue weighted by atomic mass is 16.5. The van der Waals surface area contributed by atoms with Gasteiger partial charge < -0.3 is 10.1 Å². The van der Waals surface area contributed by atoms with Crippen molar-refractivity contribution in [1.82, 2.24) is 15.2 Å². The van der Waals surface area contributed by atoms with Crippen molar-refractivity contribution >= 4 is 5.91 Å². The predicted octanol–water partition coefficient (Wildman–Crippen LogP) is 2.62. The van der Waals surface area contributed by atoms with E-state index in [1.54, 1.807) is 0 Å². The van der Waals surface area contributed by atoms with E-state index in [0.717, 1.165) is 43.7 Å². The maximum Gasteiger partial charge on any atom is 0.222 e. The molecule has 1 amide bonds. The molecule has 2 fully saturated rings. The number of amides is 1. The minimum absolute atomic E-state index is 0.109. The average Bonchev–Trinajstić information content (AvgIpc) is 2.87. The van der Waals surface area contributed by atoms with Crippen molar-refractivity contribution in [2.24, 2.45) is 0 Å². The summed E-state index contributed by atoms with van der Waals surface area (Å²) < 4.78 is 6.05. The average molecular weight is 351 g/mol. The molecule has 0 saturated carbocycles. The number of carbonyl (C=O) groups excluding carboxylic acids is 1. The van der Waals surface area contributed by atoms with Crippen molar-refractivity contribution in [1.29, 1.82) is 0 Å². The minimum Gasteiger partial charge on any atom is -0.373 e. The fraction of sp³-hybridized carbons (Fsp3) is 0.429. The van der Waals surface area contributed by atoms with Crippen LogP contribution in [0, 0.1) is 0 Å². The molecule has 0 aliphatic carbocycles. The lowest BCUT2D eigenvalue weighted by atomic mass is 9.90. The number of hydrogen-bond donors (Lipinski definition) is 1. The second-order valence-electron chi connectivity index (χ2n) is 7.25. The highest BCUT2D eigenvalue weighted by Crippen LogP contribution is 2.28. The second-order valence-corrected chi connectivity index (χ2v) is 7.25. The van der Waals surface area contributed by atoms with Gasteiger partial charge in [-0.05, 0) is 30.5 Å². The zero-order chi connectivity index (χ0) is 17.8. The molecule has 2 aliphatic rings. The summed E-state index contributed by atoms with van der Waals surface area (Å²) >= 11 is 0. The number of pyridine rings is 1. The molecule has 5 heteroatoms. The number of nitrogens with zero attached hydrogens (tertiary/aromatic N) is 2. The molecular formula is C21H25N3O2. The Balaban J connectivity index is 1.34. The van der Waals surface area contributed by atoms with Crippen molar-refractivity contribution in [3.63, 3.8) is 0 Å². The van der Waals surface area contributed by atoms with Crippen LogP contribution >= 0.6 is 0 Å². The molecule has 0 bridgehead atoms. The van der Waals surface area contributed by atoms with E-state index in [2.05, 4.69) is 39.5 Å². The molecule has 0 radical (unpaired) electrons. The molecule has 0 atom stereocenters. The number of benzene rings is 1. The van der Waals surface area contributed by atoms with Gasteiger partial charge in [-0.1, -0.05) is 30.3 Å². The number of rotatable bonds is 3. The maximum atomic E-state index is 11.5. The molecule has 2 aliphatic heterocycles. The third-order valence-electron chi connectivity index (χ3n) is 5.43. The molecule has 1 aromatic carbocycles. The van der Waals surface area contributed by atoms with Gasteiger partial charge in [-0.2, -0.15) is 0 Å². The first-order chi connectivity index (χ1) is 12.7. The summed E-state index contributed by atoms with van der Waals surface area (Å²) in [6.45, 7) is 4.14. The van der Waals surface area contributed by atoms with E-state index in [0.29, 0.717) is 19.6 Å². The number of ether oxygens (including phenoxy) is 1. The fourth-order valence-electron chi connectivity index (χ4n) is 3.77. The first-order valence-electron chi connectivity index (χ1n) is 9.36. The molecule has 1 aromatic heterocycles. The summed E-state index contributed by atoms with van der Waals surface area (Å²) in [5.74, 6) is 0.109. The van der Waals surface area contributed by atoms with E-state index in [1.807, 2.05) is 24.4 Å². The van der Waals surface area contributed by atoms with Gasteiger partial charge in [-0.3, -0.25) is 14.7 Å². The lowest BCUT2D eigenvalue weighted by Crippen LogP contribution is -2.50. The Morgan fingerprint density at radius 1 is 1.12 bits per heavy atom. The summed E-state index contributed by atoms with van der Waals surface area (Å²) in [4.78, 5) is 18.4. The van der Waals surface area contributed by atoms with E-state index >= 15 is 0 Å². The van der Waals surface area contributed by atoms with Crippen LogP contribution in [-0.4, -0.2) is 47.6 Å². The molecule has 0 unspecified atom stereocenters. The van der Waals surface area contributed by atoms with Crippen LogP contribution in [-0.2, 0) is 16.1 Å². The maximum absolute atomic E-state index is 11.5. The molecule has 136 valence electrons. The Labute approximate surface area is 154 Å². The van der Waals surface area contributed by atoms with Gasteiger partial charge in [-0.15, -0.1) is 0 Å². The molecule has 2 saturated heterocycles. The summed E-state index contributed by atoms with van der Waals surface area (Å²) in [5.41, 5.74) is 3.31. The van der Waals surface area contributed by atoms with Gasteiger partial charge in [0.25, 0.3) is 0 Å². The SMILES string of the molecule is O=C1CCOC2(CCN(Cc3ccc(-c4ccccn4)cc3)CC2)CN1. The zero-order valence-corrected chi connectivity index (χ0v) is 15.0. The van der Waals surface area contributed by atoms with E-state index in [-0.39, 0.29) is 11.5 Å². The van der Waals surface area contributed by atoms with Crippen LogP contribution in [0.3, 0.4) is 0 Å². The Hall–Kier alpha value is -2.24. The van der Waals surface area contributed by atoms with E-state index in [9.17, 15) is 4.79 Å². The third-order valence-corrected chi connectivity index (χ3v) is 5.43. The number of nitrogens with one attached hydrogen (secondary N) is 1. The van der Waals surface area contributed by atoms with Gasteiger partial charge in [0.2, 0.25) is 5.91 Å². The first kappa shape index (κ1) is 17.2. The molecule has 1 N–H and O–H groups in total. The quantitative estimate of drug-likeness (QED) is 0.924. The van der Waals surface area contributed by atoms with Crippen molar-refractivity contribution in [2.45, 2.75) is 31.4 Å². The predicted molar refractivity (Wildman–Crippen MR) is 100 cm³/mol. The van der Waals surface area contributed by atoms with Crippen molar-refractivity contribution in [2.75, 3.05) is 26.2 Å². The topological polar surface area (TPSA) is 54.5 Å². The van der Waals surface area contributed by atoms with Crippen LogP contribution < -0.4 is 5.32 Å². The summed E-state index contributed by atoms with van der Waals surface area (Å²) in [6.07, 6.45) is 4.25. The van der Waals surface area contributed by atoms with Crippen molar-refractivity contribution in [3.05, 3.63) is 54.2 Å². The highest BCUT2D eigenvalue weighted by molar-refractivity contribution is 5.76. The van der Waals surface area contributed by atoms with E-state index in [1.165, 1.54) is 5.56 Å². The van der Waals surface area contributed by atoms with Crippen molar-refractivity contribution in [3.8, 4) is 11.3 Å². The van der Waals surface area contributed by atoms with Crippen LogP contribution in [0.25, 0.3) is 11.3 Å². The normalized spacial score (nSPS) is 20.5. The van der Waals surface area contributed by atoms with Crippen LogP contribution in [0.15, 0.2) is 48.7 Å². The van der Waals surface area contributed by atoms with Gasteiger partial charge in [0.15, 0.2) is 0 Å². The summed E-state index contributed by atoms with van der Waals surface area (Å²) in [6, 6.07) is 14.7. The Bertz CT molecular complexity index is 738. The first-order valence-corrected chi connectivity index (χ1v) is 9.36. The van der Waals surface area contributed by atoms with Gasteiger partial charge in [0, 0.05) is 44.4 Å². The number of piperidine rings is 1. The summed E-state index contributed by atoms with van der Waals surface area (Å²) in [7, 11) is 0. The molecule has 3 heterocycles. The number of likely N-dealkylation sites (tertiary alicyclic amines) is 1. The minimum atomic E-state index is -0.161. The smallest absolute Gasteiger partial charge is 0.222 e. The van der Waals surface area contributed by atoms with Gasteiger partial charge in [0.05, 0.1) is 17.9 Å². The molecule has 2 aromatic rings. The van der Waals surface area contributed by atoms with Gasteiger partial charge >= 0.3 is 0 Å². The third kappa shape index (κ3) is 3.94. The standard InChI is InChI=1S/C21H25N3O2/c25-20-8-14-26-21(16-23-20)9-12-24(13-10-21)15-17-4-6-18(7-5-17)19-3-1-2-11-22-19/h1-7,11H,8-10,12-16H2,(H,23,25). The molecule has 26 heavy (non-hydrogen) atoms. The Morgan fingerprint density at radius 2 is 1.92 bits per heavy atom. The van der Waals surface area contributed by atoms with Gasteiger partial charge in [-0.25, -0.2) is 0 Å². The molecule has 1 spiro atoms. The Morgan fingerprint density at radius 3 is 2.65 bits per heavy atom. The van der Waals surface area contributed by atoms with Crippen LogP contribution in [0.4, 0.5) is 0 Å². The number of hydrogen-bond acceptors (Lipinski definition) is 4. The molecular weight excluding hydrogens is 326 g/mol. The number of carbonyl (C=O) groups is 1. The van der Waals surface area contributed by atoms with Crippen molar-refractivity contribution < 1.29 is 9.53 Å². The largest absolute Gasteiger partial charge is 0.373 e. The second kappa shape index (κ2) is 7.56. The summed E-state index contributed by atoms with van der Waals surface area (Å²) in [5, 5.41) is 3.00. The van der Waals surface area contributed by atoms with Gasteiger partial charge in [0.1, 0.15) is 0 Å². The van der Waals surface area contributed by atoms with Crippen LogP contribution in [0.2, 0.25) is 0 Å². The number of aromatic nitrogens is 1. The Kier molecular flexibility index (Phi) is 5.00. The zero-order valence-electron chi connectivity index (χ0n) is 15.0. The monoisotopic (exact) mass is 351 g/mol. The highest BCUT2D eigenvalue weighted by Gasteiger charge is 2.37. The lowest BCUT2D eigenvalue weighted by Gasteiger charge is -2.40. The fourth-order valence-corrected chi connectivity index (χ4v) is 3.77. The molecule has 5 nitrogen and oxygen atoms in total. The van der Waals surface area contributed by atoms with Crippen LogP contribution in [0.1, 0.15) is 24.8 Å². The lowest BCUT2D eigenvalue weighted by molar-refractivity contribution is -0.120.